The molecule has 0 fully saturated rings. The molecule has 0 amide bonds. The van der Waals surface area contributed by atoms with E-state index in [1.807, 2.05) is 31.9 Å². The number of rotatable bonds is 2. The van der Waals surface area contributed by atoms with Crippen LogP contribution in [0.2, 0.25) is 0 Å². The van der Waals surface area contributed by atoms with Gasteiger partial charge in [-0.1, -0.05) is 18.2 Å². The number of nitrogens with two attached hydrogens (primary N) is 1. The van der Waals surface area contributed by atoms with Gasteiger partial charge in [-0.25, -0.2) is 4.39 Å². The number of halogens is 1. The van der Waals surface area contributed by atoms with Crippen molar-refractivity contribution in [1.29, 1.82) is 0 Å². The molecule has 2 aromatic rings. The van der Waals surface area contributed by atoms with Gasteiger partial charge in [0.25, 0.3) is 0 Å². The number of nitrogens with zero attached hydrogens (tertiary/aromatic N) is 1. The molecule has 18 heavy (non-hydrogen) atoms. The number of anilines is 3. The van der Waals surface area contributed by atoms with E-state index < -0.39 is 0 Å². The van der Waals surface area contributed by atoms with Gasteiger partial charge in [0.05, 0.1) is 11.4 Å². The standard InChI is InChI=1S/C15H17FN2/c1-10-7-8-11(2)14(9-10)18(3)13-6-4-5-12(16)15(13)17/h4-9H,17H2,1-3H3. The molecule has 0 heterocycles. The fourth-order valence-electron chi connectivity index (χ4n) is 2.03. The minimum absolute atomic E-state index is 0.181. The third-order valence-corrected chi connectivity index (χ3v) is 3.12. The molecule has 2 N–H and O–H groups in total. The number of aryl methyl sites for hydroxylation is 2. The van der Waals surface area contributed by atoms with E-state index in [0.29, 0.717) is 5.69 Å². The van der Waals surface area contributed by atoms with Gasteiger partial charge in [0.2, 0.25) is 0 Å². The summed E-state index contributed by atoms with van der Waals surface area (Å²) in [6.45, 7) is 4.06. The SMILES string of the molecule is Cc1ccc(C)c(N(C)c2cccc(F)c2N)c1. The third kappa shape index (κ3) is 2.16. The summed E-state index contributed by atoms with van der Waals surface area (Å²) in [5.74, 6) is -0.385. The van der Waals surface area contributed by atoms with E-state index in [4.69, 9.17) is 5.73 Å². The molecule has 0 aliphatic rings. The molecule has 0 saturated carbocycles. The first-order chi connectivity index (χ1) is 8.50. The zero-order valence-corrected chi connectivity index (χ0v) is 10.9. The van der Waals surface area contributed by atoms with E-state index in [9.17, 15) is 4.39 Å². The molecule has 0 aromatic heterocycles. The second-order valence-electron chi connectivity index (χ2n) is 4.52. The molecule has 0 atom stereocenters. The second-order valence-corrected chi connectivity index (χ2v) is 4.52. The topological polar surface area (TPSA) is 29.3 Å². The predicted molar refractivity (Wildman–Crippen MR) is 74.8 cm³/mol. The Morgan fingerprint density at radius 3 is 2.50 bits per heavy atom. The summed E-state index contributed by atoms with van der Waals surface area (Å²) in [4.78, 5) is 1.92. The zero-order chi connectivity index (χ0) is 13.3. The molecule has 0 saturated heterocycles. The minimum Gasteiger partial charge on any atom is -0.395 e. The van der Waals surface area contributed by atoms with Gasteiger partial charge < -0.3 is 10.6 Å². The second kappa shape index (κ2) is 4.69. The van der Waals surface area contributed by atoms with Crippen molar-refractivity contribution in [3.63, 3.8) is 0 Å². The van der Waals surface area contributed by atoms with Crippen LogP contribution in [0.25, 0.3) is 0 Å². The van der Waals surface area contributed by atoms with Gasteiger partial charge in [-0.3, -0.25) is 0 Å². The first kappa shape index (κ1) is 12.4. The van der Waals surface area contributed by atoms with E-state index in [1.165, 1.54) is 6.07 Å². The Balaban J connectivity index is 2.51. The molecule has 94 valence electrons. The first-order valence-corrected chi connectivity index (χ1v) is 5.85. The van der Waals surface area contributed by atoms with Crippen LogP contribution in [0, 0.1) is 19.7 Å². The molecule has 2 aromatic carbocycles. The summed E-state index contributed by atoms with van der Waals surface area (Å²) in [5.41, 5.74) is 9.99. The van der Waals surface area contributed by atoms with Gasteiger partial charge in [-0.2, -0.15) is 0 Å². The maximum absolute atomic E-state index is 13.5. The Morgan fingerprint density at radius 1 is 1.06 bits per heavy atom. The van der Waals surface area contributed by atoms with E-state index in [-0.39, 0.29) is 11.5 Å². The number of benzene rings is 2. The zero-order valence-electron chi connectivity index (χ0n) is 10.9. The summed E-state index contributed by atoms with van der Waals surface area (Å²) in [5, 5.41) is 0. The quantitative estimate of drug-likeness (QED) is 0.814. The van der Waals surface area contributed by atoms with Crippen LogP contribution in [0.3, 0.4) is 0 Å². The molecule has 2 nitrogen and oxygen atoms in total. The molecule has 0 spiro atoms. The van der Waals surface area contributed by atoms with Crippen LogP contribution in [0.5, 0.6) is 0 Å². The van der Waals surface area contributed by atoms with E-state index in [1.54, 1.807) is 6.07 Å². The number of hydrogen-bond donors (Lipinski definition) is 1. The molecule has 0 unspecified atom stereocenters. The average Bonchev–Trinajstić information content (AvgIpc) is 2.35. The Bertz CT molecular complexity index is 577. The smallest absolute Gasteiger partial charge is 0.148 e. The highest BCUT2D eigenvalue weighted by Crippen LogP contribution is 2.32. The van der Waals surface area contributed by atoms with Crippen molar-refractivity contribution in [2.75, 3.05) is 17.7 Å². The van der Waals surface area contributed by atoms with Gasteiger partial charge in [0, 0.05) is 12.7 Å². The number of nitrogen functional groups attached to an aromatic ring is 1. The monoisotopic (exact) mass is 244 g/mol. The van der Waals surface area contributed by atoms with Gasteiger partial charge in [-0.15, -0.1) is 0 Å². The predicted octanol–water partition coefficient (Wildman–Crippen LogP) is 3.79. The number of hydrogen-bond acceptors (Lipinski definition) is 2. The lowest BCUT2D eigenvalue weighted by Crippen LogP contribution is -2.13. The van der Waals surface area contributed by atoms with Crippen molar-refractivity contribution in [2.24, 2.45) is 0 Å². The fourth-order valence-corrected chi connectivity index (χ4v) is 2.03. The normalized spacial score (nSPS) is 10.4. The van der Waals surface area contributed by atoms with Crippen LogP contribution < -0.4 is 10.6 Å². The van der Waals surface area contributed by atoms with Crippen LogP contribution in [-0.4, -0.2) is 7.05 Å². The average molecular weight is 244 g/mol. The lowest BCUT2D eigenvalue weighted by Gasteiger charge is -2.23. The van der Waals surface area contributed by atoms with E-state index >= 15 is 0 Å². The summed E-state index contributed by atoms with van der Waals surface area (Å²) in [6.07, 6.45) is 0. The van der Waals surface area contributed by atoms with Crippen molar-refractivity contribution < 1.29 is 4.39 Å². The summed E-state index contributed by atoms with van der Waals surface area (Å²) in [7, 11) is 1.90. The molecule has 0 bridgehead atoms. The van der Waals surface area contributed by atoms with Gasteiger partial charge in [0.15, 0.2) is 0 Å². The van der Waals surface area contributed by atoms with Crippen LogP contribution in [0.1, 0.15) is 11.1 Å². The maximum Gasteiger partial charge on any atom is 0.148 e. The van der Waals surface area contributed by atoms with Crippen LogP contribution in [0.15, 0.2) is 36.4 Å². The fraction of sp³-hybridized carbons (Fsp3) is 0.200. The van der Waals surface area contributed by atoms with Crippen molar-refractivity contribution >= 4 is 17.1 Å². The molecule has 3 heteroatoms. The summed E-state index contributed by atoms with van der Waals surface area (Å²) >= 11 is 0. The van der Waals surface area contributed by atoms with Crippen LogP contribution in [-0.2, 0) is 0 Å². The van der Waals surface area contributed by atoms with Crippen LogP contribution in [0.4, 0.5) is 21.5 Å². The van der Waals surface area contributed by atoms with E-state index in [2.05, 4.69) is 18.2 Å². The summed E-state index contributed by atoms with van der Waals surface area (Å²) in [6, 6.07) is 11.0. The molecule has 0 aliphatic carbocycles. The van der Waals surface area contributed by atoms with Gasteiger partial charge in [-0.05, 0) is 43.2 Å². The maximum atomic E-state index is 13.5. The molecule has 0 aliphatic heterocycles. The Morgan fingerprint density at radius 2 is 1.78 bits per heavy atom. The van der Waals surface area contributed by atoms with Gasteiger partial charge in [0.1, 0.15) is 5.82 Å². The van der Waals surface area contributed by atoms with Crippen molar-refractivity contribution in [2.45, 2.75) is 13.8 Å². The molecular weight excluding hydrogens is 227 g/mol. The lowest BCUT2D eigenvalue weighted by atomic mass is 10.1. The third-order valence-electron chi connectivity index (χ3n) is 3.12. The highest BCUT2D eigenvalue weighted by molar-refractivity contribution is 5.76. The highest BCUT2D eigenvalue weighted by atomic mass is 19.1. The minimum atomic E-state index is -0.385. The highest BCUT2D eigenvalue weighted by Gasteiger charge is 2.12. The lowest BCUT2D eigenvalue weighted by molar-refractivity contribution is 0.632. The number of para-hydroxylation sites is 1. The Kier molecular flexibility index (Phi) is 3.24. The summed E-state index contributed by atoms with van der Waals surface area (Å²) < 4.78 is 13.5. The molecule has 0 radical (unpaired) electrons. The van der Waals surface area contributed by atoms with E-state index in [0.717, 1.165) is 16.8 Å². The van der Waals surface area contributed by atoms with Crippen molar-refractivity contribution in [1.82, 2.24) is 0 Å². The Hall–Kier alpha value is -2.03. The molecular formula is C15H17FN2. The molecule has 2 rings (SSSR count). The largest absolute Gasteiger partial charge is 0.395 e. The van der Waals surface area contributed by atoms with Crippen molar-refractivity contribution in [3.05, 3.63) is 53.3 Å². The van der Waals surface area contributed by atoms with Crippen LogP contribution >= 0.6 is 0 Å². The first-order valence-electron chi connectivity index (χ1n) is 5.85. The van der Waals surface area contributed by atoms with Crippen molar-refractivity contribution in [3.8, 4) is 0 Å². The Labute approximate surface area is 107 Å². The van der Waals surface area contributed by atoms with Gasteiger partial charge >= 0.3 is 0 Å².